The molecule has 1 fully saturated rings. The van der Waals surface area contributed by atoms with E-state index in [1.807, 2.05) is 70.2 Å². The summed E-state index contributed by atoms with van der Waals surface area (Å²) in [6.45, 7) is 12.3. The van der Waals surface area contributed by atoms with E-state index in [0.717, 1.165) is 59.9 Å². The van der Waals surface area contributed by atoms with Gasteiger partial charge in [-0.25, -0.2) is 4.79 Å². The monoisotopic (exact) mass is 501 g/mol. The first-order chi connectivity index (χ1) is 17.6. The maximum absolute atomic E-state index is 13.3. The van der Waals surface area contributed by atoms with Gasteiger partial charge in [-0.2, -0.15) is 5.10 Å². The number of carbonyl (C=O) groups is 2. The Balaban J connectivity index is 1.28. The molecule has 9 nitrogen and oxygen atoms in total. The van der Waals surface area contributed by atoms with Gasteiger partial charge < -0.3 is 25.3 Å². The van der Waals surface area contributed by atoms with Crippen LogP contribution in [-0.2, 0) is 12.1 Å². The molecule has 0 spiro atoms. The van der Waals surface area contributed by atoms with Crippen LogP contribution in [0.25, 0.3) is 0 Å². The van der Waals surface area contributed by atoms with E-state index in [1.54, 1.807) is 4.90 Å². The minimum absolute atomic E-state index is 0.191. The summed E-state index contributed by atoms with van der Waals surface area (Å²) < 4.78 is 0. The van der Waals surface area contributed by atoms with E-state index in [0.29, 0.717) is 17.9 Å². The summed E-state index contributed by atoms with van der Waals surface area (Å²) in [4.78, 5) is 32.8. The second kappa shape index (κ2) is 9.55. The SMILES string of the molecule is Cc1cccc(C)c1NC(=O)N1Cc2c(NC(=O)c3ccc(N4CCN(C)CC4)cc3)n[nH]c2C1(C)C. The van der Waals surface area contributed by atoms with Crippen molar-refractivity contribution in [2.24, 2.45) is 0 Å². The van der Waals surface area contributed by atoms with Crippen LogP contribution in [0.3, 0.4) is 0 Å². The highest BCUT2D eigenvalue weighted by Crippen LogP contribution is 2.41. The molecule has 0 atom stereocenters. The van der Waals surface area contributed by atoms with Crippen molar-refractivity contribution in [1.82, 2.24) is 20.0 Å². The molecule has 2 aromatic carbocycles. The van der Waals surface area contributed by atoms with Gasteiger partial charge in [0.15, 0.2) is 5.82 Å². The summed E-state index contributed by atoms with van der Waals surface area (Å²) in [6.07, 6.45) is 0. The highest BCUT2D eigenvalue weighted by molar-refractivity contribution is 6.04. The van der Waals surface area contributed by atoms with Gasteiger partial charge in [-0.3, -0.25) is 9.89 Å². The Hall–Kier alpha value is -3.85. The summed E-state index contributed by atoms with van der Waals surface area (Å²) in [5.74, 6) is 0.231. The third kappa shape index (κ3) is 4.67. The van der Waals surface area contributed by atoms with Crippen LogP contribution < -0.4 is 15.5 Å². The first-order valence-electron chi connectivity index (χ1n) is 12.7. The highest BCUT2D eigenvalue weighted by atomic mass is 16.2. The lowest BCUT2D eigenvalue weighted by Crippen LogP contribution is -2.44. The number of likely N-dealkylation sites (N-methyl/N-ethyl adjacent to an activating group) is 1. The van der Waals surface area contributed by atoms with Crippen molar-refractivity contribution in [2.45, 2.75) is 39.8 Å². The molecule has 194 valence electrons. The zero-order valence-electron chi connectivity index (χ0n) is 22.2. The van der Waals surface area contributed by atoms with Gasteiger partial charge in [0.05, 0.1) is 17.8 Å². The maximum Gasteiger partial charge on any atom is 0.322 e. The highest BCUT2D eigenvalue weighted by Gasteiger charge is 2.44. The third-order valence-corrected chi connectivity index (χ3v) is 7.66. The lowest BCUT2D eigenvalue weighted by molar-refractivity contribution is 0.102. The van der Waals surface area contributed by atoms with Crippen molar-refractivity contribution in [3.8, 4) is 0 Å². The van der Waals surface area contributed by atoms with Gasteiger partial charge in [0.2, 0.25) is 0 Å². The molecule has 2 aliphatic heterocycles. The van der Waals surface area contributed by atoms with Crippen molar-refractivity contribution in [1.29, 1.82) is 0 Å². The summed E-state index contributed by atoms with van der Waals surface area (Å²) in [6, 6.07) is 13.4. The lowest BCUT2D eigenvalue weighted by atomic mass is 10.0. The molecule has 1 aromatic heterocycles. The van der Waals surface area contributed by atoms with E-state index in [9.17, 15) is 9.59 Å². The zero-order chi connectivity index (χ0) is 26.3. The minimum atomic E-state index is -0.615. The fourth-order valence-electron chi connectivity index (χ4n) is 5.20. The summed E-state index contributed by atoms with van der Waals surface area (Å²) in [5, 5.41) is 13.5. The standard InChI is InChI=1S/C28H35N7O2/c1-18-7-6-8-19(2)23(18)29-27(37)35-17-22-24(28(35,3)4)31-32-25(22)30-26(36)20-9-11-21(12-10-20)34-15-13-33(5)14-16-34/h6-12H,13-17H2,1-5H3,(H,29,37)(H2,30,31,32,36). The molecule has 5 rings (SSSR count). The molecule has 0 radical (unpaired) electrons. The molecule has 0 aliphatic carbocycles. The number of nitrogens with one attached hydrogen (secondary N) is 3. The van der Waals surface area contributed by atoms with Gasteiger partial charge in [0, 0.05) is 48.7 Å². The number of anilines is 3. The molecule has 0 bridgehead atoms. The lowest BCUT2D eigenvalue weighted by Gasteiger charge is -2.34. The molecule has 1 saturated heterocycles. The molecule has 2 aliphatic rings. The van der Waals surface area contributed by atoms with Crippen LogP contribution in [0.1, 0.15) is 46.6 Å². The van der Waals surface area contributed by atoms with Gasteiger partial charge in [0.25, 0.3) is 5.91 Å². The number of amides is 3. The average Bonchev–Trinajstić information content (AvgIpc) is 3.39. The zero-order valence-corrected chi connectivity index (χ0v) is 22.2. The Kier molecular flexibility index (Phi) is 6.41. The number of aromatic nitrogens is 2. The normalized spacial score (nSPS) is 17.0. The van der Waals surface area contributed by atoms with Crippen molar-refractivity contribution >= 4 is 29.1 Å². The molecule has 3 heterocycles. The van der Waals surface area contributed by atoms with E-state index in [2.05, 4.69) is 37.7 Å². The van der Waals surface area contributed by atoms with E-state index in [-0.39, 0.29) is 11.9 Å². The largest absolute Gasteiger partial charge is 0.369 e. The number of fused-ring (bicyclic) bond motifs is 1. The predicted molar refractivity (Wildman–Crippen MR) is 146 cm³/mol. The number of hydrogen-bond donors (Lipinski definition) is 3. The number of H-pyrrole nitrogens is 1. The summed E-state index contributed by atoms with van der Waals surface area (Å²) in [5.41, 5.74) is 5.57. The quantitative estimate of drug-likeness (QED) is 0.495. The van der Waals surface area contributed by atoms with Gasteiger partial charge >= 0.3 is 6.03 Å². The smallest absolute Gasteiger partial charge is 0.322 e. The number of nitrogens with zero attached hydrogens (tertiary/aromatic N) is 4. The average molecular weight is 502 g/mol. The Bertz CT molecular complexity index is 1300. The Morgan fingerprint density at radius 1 is 0.946 bits per heavy atom. The van der Waals surface area contributed by atoms with Crippen molar-refractivity contribution in [3.05, 3.63) is 70.4 Å². The Morgan fingerprint density at radius 3 is 2.24 bits per heavy atom. The van der Waals surface area contributed by atoms with Gasteiger partial charge in [-0.05, 0) is 70.1 Å². The number of para-hydroxylation sites is 1. The van der Waals surface area contributed by atoms with Crippen molar-refractivity contribution in [2.75, 3.05) is 48.8 Å². The number of carbonyl (C=O) groups excluding carboxylic acids is 2. The fourth-order valence-corrected chi connectivity index (χ4v) is 5.20. The minimum Gasteiger partial charge on any atom is -0.369 e. The molecule has 3 amide bonds. The molecular weight excluding hydrogens is 466 g/mol. The van der Waals surface area contributed by atoms with Crippen LogP contribution in [-0.4, -0.2) is 65.2 Å². The Labute approximate surface area is 217 Å². The van der Waals surface area contributed by atoms with E-state index in [4.69, 9.17) is 0 Å². The second-order valence-corrected chi connectivity index (χ2v) is 10.6. The molecule has 3 N–H and O–H groups in total. The molecule has 37 heavy (non-hydrogen) atoms. The van der Waals surface area contributed by atoms with Crippen LogP contribution in [0.15, 0.2) is 42.5 Å². The van der Waals surface area contributed by atoms with Crippen LogP contribution in [0.2, 0.25) is 0 Å². The summed E-state index contributed by atoms with van der Waals surface area (Å²) >= 11 is 0. The fraction of sp³-hybridized carbons (Fsp3) is 0.393. The van der Waals surface area contributed by atoms with Gasteiger partial charge in [0.1, 0.15) is 0 Å². The second-order valence-electron chi connectivity index (χ2n) is 10.6. The molecule has 0 saturated carbocycles. The number of piperazine rings is 1. The number of hydrogen-bond acceptors (Lipinski definition) is 5. The molecule has 0 unspecified atom stereocenters. The van der Waals surface area contributed by atoms with Crippen LogP contribution >= 0.6 is 0 Å². The molecule has 3 aromatic rings. The number of rotatable bonds is 4. The van der Waals surface area contributed by atoms with E-state index < -0.39 is 5.54 Å². The van der Waals surface area contributed by atoms with Crippen molar-refractivity contribution in [3.63, 3.8) is 0 Å². The number of aryl methyl sites for hydroxylation is 2. The van der Waals surface area contributed by atoms with E-state index >= 15 is 0 Å². The van der Waals surface area contributed by atoms with Crippen LogP contribution in [0, 0.1) is 13.8 Å². The first kappa shape index (κ1) is 24.8. The molecular formula is C28H35N7O2. The summed E-state index contributed by atoms with van der Waals surface area (Å²) in [7, 11) is 2.13. The topological polar surface area (TPSA) is 96.6 Å². The van der Waals surface area contributed by atoms with Crippen LogP contribution in [0.4, 0.5) is 22.0 Å². The van der Waals surface area contributed by atoms with Crippen LogP contribution in [0.5, 0.6) is 0 Å². The first-order valence-corrected chi connectivity index (χ1v) is 12.7. The molecule has 9 heteroatoms. The van der Waals surface area contributed by atoms with Gasteiger partial charge in [-0.1, -0.05) is 18.2 Å². The predicted octanol–water partition coefficient (Wildman–Crippen LogP) is 4.31. The maximum atomic E-state index is 13.3. The van der Waals surface area contributed by atoms with Gasteiger partial charge in [-0.15, -0.1) is 0 Å². The Morgan fingerprint density at radius 2 is 1.59 bits per heavy atom. The number of urea groups is 1. The number of benzene rings is 2. The van der Waals surface area contributed by atoms with E-state index in [1.165, 1.54) is 0 Å². The third-order valence-electron chi connectivity index (χ3n) is 7.66. The van der Waals surface area contributed by atoms with Crippen molar-refractivity contribution < 1.29 is 9.59 Å². The number of aromatic amines is 1.